The number of hydrogen-bond donors (Lipinski definition) is 1. The number of hydrogen-bond acceptors (Lipinski definition) is 2. The molecular formula is C10H21NO. The zero-order chi connectivity index (χ0) is 9.23. The highest BCUT2D eigenvalue weighted by Gasteiger charge is 2.02. The molecule has 0 aliphatic heterocycles. The van der Waals surface area contributed by atoms with Gasteiger partial charge in [0.05, 0.1) is 6.10 Å². The Hall–Kier alpha value is -0.370. The van der Waals surface area contributed by atoms with Gasteiger partial charge in [0.2, 0.25) is 0 Å². The van der Waals surface area contributed by atoms with Gasteiger partial charge >= 0.3 is 0 Å². The van der Waals surface area contributed by atoms with Crippen molar-refractivity contribution in [2.75, 3.05) is 7.11 Å². The van der Waals surface area contributed by atoms with E-state index >= 15 is 0 Å². The van der Waals surface area contributed by atoms with Gasteiger partial charge in [-0.1, -0.05) is 19.8 Å². The van der Waals surface area contributed by atoms with Crippen LogP contribution in [0, 0.1) is 5.41 Å². The molecule has 0 spiro atoms. The van der Waals surface area contributed by atoms with Crippen molar-refractivity contribution < 1.29 is 4.74 Å². The van der Waals surface area contributed by atoms with Crippen molar-refractivity contribution in [2.45, 2.75) is 51.6 Å². The highest BCUT2D eigenvalue weighted by Crippen LogP contribution is 2.09. The number of ether oxygens (including phenoxy) is 1. The first-order valence-electron chi connectivity index (χ1n) is 4.86. The molecule has 0 fully saturated rings. The maximum absolute atomic E-state index is 6.85. The van der Waals surface area contributed by atoms with E-state index in [1.807, 2.05) is 0 Å². The summed E-state index contributed by atoms with van der Waals surface area (Å²) in [6, 6.07) is 0. The monoisotopic (exact) mass is 171 g/mol. The van der Waals surface area contributed by atoms with Gasteiger partial charge in [0, 0.05) is 7.11 Å². The maximum Gasteiger partial charge on any atom is 0.0568 e. The van der Waals surface area contributed by atoms with Crippen LogP contribution in [0.4, 0.5) is 0 Å². The highest BCUT2D eigenvalue weighted by atomic mass is 16.5. The SMILES string of the molecule is CC[C@@H](CCCCCC=N)OC. The van der Waals surface area contributed by atoms with Crippen molar-refractivity contribution in [1.29, 1.82) is 5.41 Å². The molecule has 2 heteroatoms. The molecule has 0 aliphatic carbocycles. The van der Waals surface area contributed by atoms with Crippen molar-refractivity contribution >= 4 is 6.21 Å². The fourth-order valence-corrected chi connectivity index (χ4v) is 1.28. The van der Waals surface area contributed by atoms with Gasteiger partial charge in [-0.15, -0.1) is 0 Å². The second-order valence-corrected chi connectivity index (χ2v) is 3.11. The lowest BCUT2D eigenvalue weighted by molar-refractivity contribution is 0.0898. The van der Waals surface area contributed by atoms with Gasteiger partial charge in [-0.3, -0.25) is 0 Å². The van der Waals surface area contributed by atoms with E-state index in [4.69, 9.17) is 10.1 Å². The van der Waals surface area contributed by atoms with Crippen LogP contribution in [0.15, 0.2) is 0 Å². The van der Waals surface area contributed by atoms with Crippen LogP contribution in [0.5, 0.6) is 0 Å². The van der Waals surface area contributed by atoms with E-state index in [0.29, 0.717) is 6.10 Å². The third-order valence-corrected chi connectivity index (χ3v) is 2.16. The Kier molecular flexibility index (Phi) is 8.46. The molecule has 12 heavy (non-hydrogen) atoms. The van der Waals surface area contributed by atoms with Gasteiger partial charge in [0.15, 0.2) is 0 Å². The number of unbranched alkanes of at least 4 members (excludes halogenated alkanes) is 3. The van der Waals surface area contributed by atoms with Crippen molar-refractivity contribution in [2.24, 2.45) is 0 Å². The Morgan fingerprint density at radius 1 is 1.33 bits per heavy atom. The molecule has 0 heterocycles. The van der Waals surface area contributed by atoms with Crippen molar-refractivity contribution in [1.82, 2.24) is 0 Å². The normalized spacial score (nSPS) is 12.8. The van der Waals surface area contributed by atoms with E-state index in [0.717, 1.165) is 19.3 Å². The predicted molar refractivity (Wildman–Crippen MR) is 53.0 cm³/mol. The van der Waals surface area contributed by atoms with Gasteiger partial charge in [-0.2, -0.15) is 0 Å². The predicted octanol–water partition coefficient (Wildman–Crippen LogP) is 3.01. The summed E-state index contributed by atoms with van der Waals surface area (Å²) in [5.41, 5.74) is 0. The quantitative estimate of drug-likeness (QED) is 0.442. The van der Waals surface area contributed by atoms with Crippen molar-refractivity contribution in [3.63, 3.8) is 0 Å². The molecule has 0 saturated carbocycles. The summed E-state index contributed by atoms with van der Waals surface area (Å²) >= 11 is 0. The van der Waals surface area contributed by atoms with Gasteiger partial charge in [0.25, 0.3) is 0 Å². The van der Waals surface area contributed by atoms with Gasteiger partial charge in [0.1, 0.15) is 0 Å². The molecule has 0 saturated heterocycles. The topological polar surface area (TPSA) is 33.1 Å². The van der Waals surface area contributed by atoms with Gasteiger partial charge in [-0.25, -0.2) is 0 Å². The summed E-state index contributed by atoms with van der Waals surface area (Å²) in [5.74, 6) is 0. The van der Waals surface area contributed by atoms with Gasteiger partial charge < -0.3 is 10.1 Å². The maximum atomic E-state index is 6.85. The zero-order valence-electron chi connectivity index (χ0n) is 8.31. The molecule has 0 aromatic heterocycles. The molecule has 0 amide bonds. The molecule has 0 rings (SSSR count). The van der Waals surface area contributed by atoms with E-state index in [1.54, 1.807) is 7.11 Å². The summed E-state index contributed by atoms with van der Waals surface area (Å²) < 4.78 is 5.26. The van der Waals surface area contributed by atoms with Crippen LogP contribution in [0.3, 0.4) is 0 Å². The van der Waals surface area contributed by atoms with Crippen molar-refractivity contribution in [3.05, 3.63) is 0 Å². The minimum Gasteiger partial charge on any atom is -0.381 e. The molecule has 0 radical (unpaired) electrons. The first kappa shape index (κ1) is 11.6. The van der Waals surface area contributed by atoms with E-state index in [1.165, 1.54) is 25.5 Å². The fraction of sp³-hybridized carbons (Fsp3) is 0.900. The average molecular weight is 171 g/mol. The minimum absolute atomic E-state index is 0.449. The summed E-state index contributed by atoms with van der Waals surface area (Å²) in [5, 5.41) is 6.85. The molecular weight excluding hydrogens is 150 g/mol. The lowest BCUT2D eigenvalue weighted by atomic mass is 10.1. The van der Waals surface area contributed by atoms with Crippen LogP contribution in [-0.2, 0) is 4.74 Å². The number of methoxy groups -OCH3 is 1. The highest BCUT2D eigenvalue weighted by molar-refractivity contribution is 5.52. The summed E-state index contributed by atoms with van der Waals surface area (Å²) in [4.78, 5) is 0. The Morgan fingerprint density at radius 2 is 2.08 bits per heavy atom. The lowest BCUT2D eigenvalue weighted by Gasteiger charge is -2.11. The molecule has 0 unspecified atom stereocenters. The van der Waals surface area contributed by atoms with Crippen LogP contribution in [0.25, 0.3) is 0 Å². The van der Waals surface area contributed by atoms with Crippen LogP contribution in [0.1, 0.15) is 45.4 Å². The zero-order valence-corrected chi connectivity index (χ0v) is 8.31. The molecule has 72 valence electrons. The Balaban J connectivity index is 3.11. The largest absolute Gasteiger partial charge is 0.381 e. The third-order valence-electron chi connectivity index (χ3n) is 2.16. The Bertz CT molecular complexity index is 100. The second kappa shape index (κ2) is 8.72. The van der Waals surface area contributed by atoms with E-state index in [2.05, 4.69) is 6.92 Å². The second-order valence-electron chi connectivity index (χ2n) is 3.11. The first-order chi connectivity index (χ1) is 5.85. The molecule has 0 bridgehead atoms. The molecule has 1 atom stereocenters. The van der Waals surface area contributed by atoms with Crippen LogP contribution in [0.2, 0.25) is 0 Å². The summed E-state index contributed by atoms with van der Waals surface area (Å²) in [6.45, 7) is 2.16. The van der Waals surface area contributed by atoms with Crippen LogP contribution >= 0.6 is 0 Å². The van der Waals surface area contributed by atoms with Crippen LogP contribution in [-0.4, -0.2) is 19.4 Å². The molecule has 0 aliphatic rings. The molecule has 0 aromatic rings. The third kappa shape index (κ3) is 6.35. The fourth-order valence-electron chi connectivity index (χ4n) is 1.28. The van der Waals surface area contributed by atoms with E-state index in [-0.39, 0.29) is 0 Å². The molecule has 1 N–H and O–H groups in total. The van der Waals surface area contributed by atoms with Gasteiger partial charge in [-0.05, 0) is 31.9 Å². The summed E-state index contributed by atoms with van der Waals surface area (Å²) in [7, 11) is 1.78. The van der Waals surface area contributed by atoms with E-state index < -0.39 is 0 Å². The lowest BCUT2D eigenvalue weighted by Crippen LogP contribution is -2.08. The Labute approximate surface area is 75.8 Å². The van der Waals surface area contributed by atoms with Crippen LogP contribution < -0.4 is 0 Å². The Morgan fingerprint density at radius 3 is 2.58 bits per heavy atom. The van der Waals surface area contributed by atoms with Crippen molar-refractivity contribution in [3.8, 4) is 0 Å². The smallest absolute Gasteiger partial charge is 0.0568 e. The number of nitrogens with one attached hydrogen (secondary N) is 1. The number of rotatable bonds is 8. The molecule has 2 nitrogen and oxygen atoms in total. The first-order valence-corrected chi connectivity index (χ1v) is 4.86. The summed E-state index contributed by atoms with van der Waals surface area (Å²) in [6.07, 6.45) is 8.78. The standard InChI is InChI=1S/C10H21NO/c1-3-10(12-2)8-6-4-5-7-9-11/h9-11H,3-8H2,1-2H3/t10-/m0/s1. The molecule has 0 aromatic carbocycles. The van der Waals surface area contributed by atoms with E-state index in [9.17, 15) is 0 Å². The minimum atomic E-state index is 0.449. The average Bonchev–Trinajstić information content (AvgIpc) is 2.11.